The number of aromatic nitrogens is 2. The Morgan fingerprint density at radius 3 is 2.55 bits per heavy atom. The second kappa shape index (κ2) is 9.87. The number of hydrogen-bond donors (Lipinski definition) is 1. The molecule has 1 atom stereocenters. The number of nitrogens with one attached hydrogen (secondary N) is 1. The van der Waals surface area contributed by atoms with E-state index < -0.39 is 6.04 Å². The lowest BCUT2D eigenvalue weighted by Gasteiger charge is -2.26. The first-order chi connectivity index (χ1) is 13.9. The van der Waals surface area contributed by atoms with E-state index in [2.05, 4.69) is 15.5 Å². The van der Waals surface area contributed by atoms with Crippen LogP contribution in [0.2, 0.25) is 5.02 Å². The molecular weight excluding hydrogens is 392 g/mol. The van der Waals surface area contributed by atoms with Gasteiger partial charge in [0.2, 0.25) is 23.5 Å². The SMILES string of the molecule is CC(C)[C@H](NC(=O)CCCc1nc(-c2ccc(Cl)cc2)no1)C(=O)N1CCCC1. The molecule has 1 saturated heterocycles. The summed E-state index contributed by atoms with van der Waals surface area (Å²) in [6.45, 7) is 5.47. The number of halogens is 1. The van der Waals surface area contributed by atoms with Crippen molar-refractivity contribution in [1.29, 1.82) is 0 Å². The van der Waals surface area contributed by atoms with Crippen LogP contribution in [0.25, 0.3) is 11.4 Å². The fourth-order valence-electron chi connectivity index (χ4n) is 3.37. The van der Waals surface area contributed by atoms with E-state index in [4.69, 9.17) is 16.1 Å². The molecule has 1 aromatic carbocycles. The van der Waals surface area contributed by atoms with Crippen LogP contribution >= 0.6 is 11.6 Å². The summed E-state index contributed by atoms with van der Waals surface area (Å²) < 4.78 is 5.27. The van der Waals surface area contributed by atoms with Gasteiger partial charge in [-0.25, -0.2) is 0 Å². The third-order valence-electron chi connectivity index (χ3n) is 5.03. The summed E-state index contributed by atoms with van der Waals surface area (Å²) in [7, 11) is 0. The highest BCUT2D eigenvalue weighted by Crippen LogP contribution is 2.19. The molecule has 0 spiro atoms. The van der Waals surface area contributed by atoms with Gasteiger partial charge in [-0.05, 0) is 49.4 Å². The highest BCUT2D eigenvalue weighted by Gasteiger charge is 2.29. The lowest BCUT2D eigenvalue weighted by Crippen LogP contribution is -2.50. The summed E-state index contributed by atoms with van der Waals surface area (Å²) in [5.41, 5.74) is 0.822. The summed E-state index contributed by atoms with van der Waals surface area (Å²) in [5, 5.41) is 7.52. The minimum Gasteiger partial charge on any atom is -0.344 e. The fraction of sp³-hybridized carbons (Fsp3) is 0.524. The molecule has 1 aliphatic rings. The van der Waals surface area contributed by atoms with Crippen LogP contribution in [0.3, 0.4) is 0 Å². The zero-order valence-electron chi connectivity index (χ0n) is 16.9. The summed E-state index contributed by atoms with van der Waals surface area (Å²) in [6, 6.07) is 6.72. The van der Waals surface area contributed by atoms with Gasteiger partial charge in [0.05, 0.1) is 0 Å². The van der Waals surface area contributed by atoms with Crippen molar-refractivity contribution in [2.24, 2.45) is 5.92 Å². The minimum absolute atomic E-state index is 0.0235. The van der Waals surface area contributed by atoms with Gasteiger partial charge in [0.25, 0.3) is 0 Å². The maximum atomic E-state index is 12.6. The van der Waals surface area contributed by atoms with Crippen LogP contribution in [-0.2, 0) is 16.0 Å². The lowest BCUT2D eigenvalue weighted by atomic mass is 10.0. The maximum Gasteiger partial charge on any atom is 0.245 e. The van der Waals surface area contributed by atoms with Gasteiger partial charge in [0, 0.05) is 36.5 Å². The highest BCUT2D eigenvalue weighted by molar-refractivity contribution is 6.30. The molecule has 3 rings (SSSR count). The van der Waals surface area contributed by atoms with Crippen LogP contribution in [0.15, 0.2) is 28.8 Å². The molecule has 1 N–H and O–H groups in total. The molecule has 2 aromatic rings. The molecule has 1 fully saturated rings. The summed E-state index contributed by atoms with van der Waals surface area (Å²) >= 11 is 5.89. The van der Waals surface area contributed by atoms with E-state index in [1.165, 1.54) is 0 Å². The number of carbonyl (C=O) groups is 2. The largest absolute Gasteiger partial charge is 0.344 e. The molecule has 8 heteroatoms. The van der Waals surface area contributed by atoms with Crippen molar-refractivity contribution >= 4 is 23.4 Å². The zero-order valence-corrected chi connectivity index (χ0v) is 17.6. The Balaban J connectivity index is 1.47. The van der Waals surface area contributed by atoms with Gasteiger partial charge < -0.3 is 14.7 Å². The molecule has 156 valence electrons. The van der Waals surface area contributed by atoms with E-state index in [1.54, 1.807) is 12.1 Å². The van der Waals surface area contributed by atoms with Crippen molar-refractivity contribution in [3.63, 3.8) is 0 Å². The van der Waals surface area contributed by atoms with Crippen molar-refractivity contribution in [1.82, 2.24) is 20.4 Å². The Labute approximate surface area is 175 Å². The molecule has 1 aliphatic heterocycles. The molecule has 0 aliphatic carbocycles. The topological polar surface area (TPSA) is 88.3 Å². The Bertz CT molecular complexity index is 829. The van der Waals surface area contributed by atoms with Gasteiger partial charge in [0.1, 0.15) is 6.04 Å². The van der Waals surface area contributed by atoms with Crippen LogP contribution in [0.4, 0.5) is 0 Å². The molecule has 29 heavy (non-hydrogen) atoms. The van der Waals surface area contributed by atoms with Crippen molar-refractivity contribution in [2.75, 3.05) is 13.1 Å². The van der Waals surface area contributed by atoms with Crippen molar-refractivity contribution < 1.29 is 14.1 Å². The number of amides is 2. The first-order valence-corrected chi connectivity index (χ1v) is 10.5. The molecule has 0 radical (unpaired) electrons. The standard InChI is InChI=1S/C21H27ClN4O3/c1-14(2)19(21(28)26-12-3-4-13-26)23-17(27)6-5-7-18-24-20(25-29-18)15-8-10-16(22)11-9-15/h8-11,14,19H,3-7,12-13H2,1-2H3,(H,23,27)/t19-/m0/s1. The monoisotopic (exact) mass is 418 g/mol. The van der Waals surface area contributed by atoms with E-state index in [1.807, 2.05) is 30.9 Å². The van der Waals surface area contributed by atoms with E-state index in [0.717, 1.165) is 31.5 Å². The van der Waals surface area contributed by atoms with Crippen LogP contribution in [0.1, 0.15) is 45.4 Å². The van der Waals surface area contributed by atoms with Gasteiger partial charge in [-0.2, -0.15) is 4.98 Å². The Morgan fingerprint density at radius 1 is 1.21 bits per heavy atom. The molecule has 1 aromatic heterocycles. The van der Waals surface area contributed by atoms with Crippen molar-refractivity contribution in [3.05, 3.63) is 35.2 Å². The number of likely N-dealkylation sites (tertiary alicyclic amines) is 1. The third-order valence-corrected chi connectivity index (χ3v) is 5.28. The molecule has 0 bridgehead atoms. The second-order valence-corrected chi connectivity index (χ2v) is 8.13. The summed E-state index contributed by atoms with van der Waals surface area (Å²) in [6.07, 6.45) is 3.44. The predicted octanol–water partition coefficient (Wildman–Crippen LogP) is 3.48. The van der Waals surface area contributed by atoms with Crippen LogP contribution in [0.5, 0.6) is 0 Å². The Morgan fingerprint density at radius 2 is 1.90 bits per heavy atom. The van der Waals surface area contributed by atoms with Gasteiger partial charge in [-0.1, -0.05) is 30.6 Å². The average molecular weight is 419 g/mol. The zero-order chi connectivity index (χ0) is 20.8. The second-order valence-electron chi connectivity index (χ2n) is 7.69. The van der Waals surface area contributed by atoms with E-state index in [0.29, 0.717) is 36.0 Å². The third kappa shape index (κ3) is 5.79. The molecule has 7 nitrogen and oxygen atoms in total. The minimum atomic E-state index is -0.472. The number of nitrogens with zero attached hydrogens (tertiary/aromatic N) is 3. The smallest absolute Gasteiger partial charge is 0.245 e. The van der Waals surface area contributed by atoms with Crippen molar-refractivity contribution in [2.45, 2.75) is 52.0 Å². The van der Waals surface area contributed by atoms with Gasteiger partial charge in [-0.3, -0.25) is 9.59 Å². The van der Waals surface area contributed by atoms with E-state index >= 15 is 0 Å². The van der Waals surface area contributed by atoms with Crippen molar-refractivity contribution in [3.8, 4) is 11.4 Å². The number of benzene rings is 1. The molecule has 2 amide bonds. The molecular formula is C21H27ClN4O3. The molecule has 2 heterocycles. The fourth-order valence-corrected chi connectivity index (χ4v) is 3.49. The lowest BCUT2D eigenvalue weighted by molar-refractivity contribution is -0.136. The molecule has 0 unspecified atom stereocenters. The van der Waals surface area contributed by atoms with Crippen LogP contribution < -0.4 is 5.32 Å². The van der Waals surface area contributed by atoms with E-state index in [9.17, 15) is 9.59 Å². The number of hydrogen-bond acceptors (Lipinski definition) is 5. The number of aryl methyl sites for hydroxylation is 1. The maximum absolute atomic E-state index is 12.6. The first-order valence-electron chi connectivity index (χ1n) is 10.1. The summed E-state index contributed by atoms with van der Waals surface area (Å²) in [5.74, 6) is 0.919. The average Bonchev–Trinajstić information content (AvgIpc) is 3.38. The van der Waals surface area contributed by atoms with Gasteiger partial charge >= 0.3 is 0 Å². The predicted molar refractivity (Wildman–Crippen MR) is 110 cm³/mol. The quantitative estimate of drug-likeness (QED) is 0.709. The molecule has 0 saturated carbocycles. The summed E-state index contributed by atoms with van der Waals surface area (Å²) in [4.78, 5) is 31.2. The first kappa shape index (κ1) is 21.3. The Kier molecular flexibility index (Phi) is 7.25. The number of rotatable bonds is 8. The van der Waals surface area contributed by atoms with E-state index in [-0.39, 0.29) is 17.7 Å². The van der Waals surface area contributed by atoms with Crippen LogP contribution in [0, 0.1) is 5.92 Å². The highest BCUT2D eigenvalue weighted by atomic mass is 35.5. The number of carbonyl (C=O) groups excluding carboxylic acids is 2. The van der Waals surface area contributed by atoms with Gasteiger partial charge in [-0.15, -0.1) is 0 Å². The van der Waals surface area contributed by atoms with Crippen LogP contribution in [-0.4, -0.2) is 46.0 Å². The normalized spacial score (nSPS) is 15.0. The van der Waals surface area contributed by atoms with Gasteiger partial charge in [0.15, 0.2) is 0 Å². The Hall–Kier alpha value is -2.41.